The third kappa shape index (κ3) is 3.11. The lowest BCUT2D eigenvalue weighted by Gasteiger charge is -2.38. The van der Waals surface area contributed by atoms with Gasteiger partial charge in [0, 0.05) is 25.6 Å². The molecule has 1 heterocycles. The van der Waals surface area contributed by atoms with E-state index in [0.29, 0.717) is 5.41 Å². The number of fused-ring (bicyclic) bond motifs is 1. The number of guanidine groups is 1. The average Bonchev–Trinajstić information content (AvgIpc) is 3.43. The standard InChI is InChI=1S/C20H29N3O/c1-19(2)12-16(15-6-4-5-7-17(15)24-19)23-18(21-3)22-13-20(10-11-20)14-8-9-14/h4-7,14,16H,8-13H2,1-3H3,(H2,21,22,23). The Morgan fingerprint density at radius 2 is 2.00 bits per heavy atom. The van der Waals surface area contributed by atoms with Crippen molar-refractivity contribution in [1.29, 1.82) is 0 Å². The summed E-state index contributed by atoms with van der Waals surface area (Å²) in [5.74, 6) is 2.86. The number of nitrogens with one attached hydrogen (secondary N) is 2. The zero-order valence-corrected chi connectivity index (χ0v) is 15.1. The topological polar surface area (TPSA) is 45.7 Å². The molecule has 0 saturated heterocycles. The van der Waals surface area contributed by atoms with Gasteiger partial charge >= 0.3 is 0 Å². The quantitative estimate of drug-likeness (QED) is 0.655. The Morgan fingerprint density at radius 1 is 1.25 bits per heavy atom. The van der Waals surface area contributed by atoms with Gasteiger partial charge in [0.05, 0.1) is 6.04 Å². The van der Waals surface area contributed by atoms with Crippen LogP contribution in [0.25, 0.3) is 0 Å². The summed E-state index contributed by atoms with van der Waals surface area (Å²) < 4.78 is 6.13. The van der Waals surface area contributed by atoms with Gasteiger partial charge in [0.15, 0.2) is 5.96 Å². The minimum absolute atomic E-state index is 0.170. The molecular weight excluding hydrogens is 298 g/mol. The predicted octanol–water partition coefficient (Wildman–Crippen LogP) is 3.64. The first kappa shape index (κ1) is 15.8. The Labute approximate surface area is 145 Å². The van der Waals surface area contributed by atoms with Crippen molar-refractivity contribution in [2.24, 2.45) is 16.3 Å². The highest BCUT2D eigenvalue weighted by atomic mass is 16.5. The molecule has 4 rings (SSSR count). The van der Waals surface area contributed by atoms with Crippen molar-refractivity contribution in [2.45, 2.75) is 57.6 Å². The van der Waals surface area contributed by atoms with Crippen LogP contribution in [0.1, 0.15) is 57.6 Å². The van der Waals surface area contributed by atoms with Crippen molar-refractivity contribution in [2.75, 3.05) is 13.6 Å². The highest BCUT2D eigenvalue weighted by molar-refractivity contribution is 5.80. The lowest BCUT2D eigenvalue weighted by molar-refractivity contribution is 0.0694. The van der Waals surface area contributed by atoms with Gasteiger partial charge in [-0.3, -0.25) is 4.99 Å². The van der Waals surface area contributed by atoms with E-state index in [1.54, 1.807) is 0 Å². The molecular formula is C20H29N3O. The first-order valence-electron chi connectivity index (χ1n) is 9.26. The summed E-state index contributed by atoms with van der Waals surface area (Å²) in [5, 5.41) is 7.23. The first-order chi connectivity index (χ1) is 11.5. The van der Waals surface area contributed by atoms with Crippen LogP contribution in [0.5, 0.6) is 5.75 Å². The molecule has 2 N–H and O–H groups in total. The van der Waals surface area contributed by atoms with Crippen LogP contribution in [0.2, 0.25) is 0 Å². The summed E-state index contributed by atoms with van der Waals surface area (Å²) in [6, 6.07) is 8.57. The summed E-state index contributed by atoms with van der Waals surface area (Å²) >= 11 is 0. The van der Waals surface area contributed by atoms with Crippen molar-refractivity contribution in [3.8, 4) is 5.75 Å². The molecule has 0 amide bonds. The Balaban J connectivity index is 1.45. The minimum Gasteiger partial charge on any atom is -0.487 e. The maximum absolute atomic E-state index is 6.13. The SMILES string of the molecule is CN=C(NCC1(C2CC2)CC1)NC1CC(C)(C)Oc2ccccc21. The van der Waals surface area contributed by atoms with Crippen LogP contribution in [0.4, 0.5) is 0 Å². The van der Waals surface area contributed by atoms with Crippen LogP contribution >= 0.6 is 0 Å². The third-order valence-electron chi connectivity index (χ3n) is 5.85. The van der Waals surface area contributed by atoms with Crippen molar-refractivity contribution in [1.82, 2.24) is 10.6 Å². The van der Waals surface area contributed by atoms with Gasteiger partial charge in [-0.15, -0.1) is 0 Å². The molecule has 4 heteroatoms. The second kappa shape index (κ2) is 5.68. The van der Waals surface area contributed by atoms with Crippen LogP contribution in [0, 0.1) is 11.3 Å². The molecule has 0 bridgehead atoms. The molecule has 130 valence electrons. The largest absolute Gasteiger partial charge is 0.487 e. The van der Waals surface area contributed by atoms with Gasteiger partial charge in [-0.1, -0.05) is 18.2 Å². The summed E-state index contributed by atoms with van der Waals surface area (Å²) in [4.78, 5) is 4.47. The zero-order valence-electron chi connectivity index (χ0n) is 15.1. The van der Waals surface area contributed by atoms with Crippen LogP contribution < -0.4 is 15.4 Å². The number of para-hydroxylation sites is 1. The molecule has 1 unspecified atom stereocenters. The fourth-order valence-electron chi connectivity index (χ4n) is 4.14. The van der Waals surface area contributed by atoms with E-state index < -0.39 is 0 Å². The number of hydrogen-bond donors (Lipinski definition) is 2. The molecule has 1 aliphatic heterocycles. The monoisotopic (exact) mass is 327 g/mol. The van der Waals surface area contributed by atoms with Crippen LogP contribution in [0.15, 0.2) is 29.3 Å². The number of nitrogens with zero attached hydrogens (tertiary/aromatic N) is 1. The fourth-order valence-corrected chi connectivity index (χ4v) is 4.14. The molecule has 1 aromatic carbocycles. The van der Waals surface area contributed by atoms with Crippen LogP contribution in [-0.2, 0) is 0 Å². The molecule has 0 aromatic heterocycles. The lowest BCUT2D eigenvalue weighted by atomic mass is 9.90. The molecule has 1 atom stereocenters. The second-order valence-corrected chi connectivity index (χ2v) is 8.36. The fraction of sp³-hybridized carbons (Fsp3) is 0.650. The molecule has 0 radical (unpaired) electrons. The van der Waals surface area contributed by atoms with Gasteiger partial charge < -0.3 is 15.4 Å². The molecule has 2 aliphatic carbocycles. The van der Waals surface area contributed by atoms with E-state index in [2.05, 4.69) is 47.7 Å². The van der Waals surface area contributed by atoms with E-state index in [-0.39, 0.29) is 11.6 Å². The number of hydrogen-bond acceptors (Lipinski definition) is 2. The Bertz CT molecular complexity index is 644. The molecule has 2 saturated carbocycles. The van der Waals surface area contributed by atoms with Crippen molar-refractivity contribution in [3.63, 3.8) is 0 Å². The Kier molecular flexibility index (Phi) is 3.74. The predicted molar refractivity (Wildman–Crippen MR) is 97.4 cm³/mol. The van der Waals surface area contributed by atoms with Crippen molar-refractivity contribution in [3.05, 3.63) is 29.8 Å². The van der Waals surface area contributed by atoms with Crippen molar-refractivity contribution >= 4 is 5.96 Å². The molecule has 1 aromatic rings. The van der Waals surface area contributed by atoms with E-state index in [9.17, 15) is 0 Å². The number of rotatable bonds is 4. The van der Waals surface area contributed by atoms with E-state index in [1.165, 1.54) is 31.2 Å². The minimum atomic E-state index is -0.170. The molecule has 2 fully saturated rings. The van der Waals surface area contributed by atoms with Crippen LogP contribution in [-0.4, -0.2) is 25.2 Å². The molecule has 0 spiro atoms. The smallest absolute Gasteiger partial charge is 0.191 e. The van der Waals surface area contributed by atoms with E-state index in [4.69, 9.17) is 4.74 Å². The lowest BCUT2D eigenvalue weighted by Crippen LogP contribution is -2.46. The average molecular weight is 327 g/mol. The molecule has 3 aliphatic rings. The Hall–Kier alpha value is -1.71. The summed E-state index contributed by atoms with van der Waals surface area (Å²) in [7, 11) is 1.86. The van der Waals surface area contributed by atoms with E-state index in [0.717, 1.165) is 30.6 Å². The van der Waals surface area contributed by atoms with Crippen molar-refractivity contribution < 1.29 is 4.74 Å². The second-order valence-electron chi connectivity index (χ2n) is 8.36. The maximum atomic E-state index is 6.13. The molecule has 24 heavy (non-hydrogen) atoms. The van der Waals surface area contributed by atoms with Gasteiger partial charge in [-0.05, 0) is 56.9 Å². The maximum Gasteiger partial charge on any atom is 0.191 e. The number of aliphatic imine (C=N–C) groups is 1. The van der Waals surface area contributed by atoms with Gasteiger partial charge in [0.2, 0.25) is 0 Å². The highest BCUT2D eigenvalue weighted by Gasteiger charge is 2.53. The normalized spacial score (nSPS) is 27.0. The first-order valence-corrected chi connectivity index (χ1v) is 9.26. The summed E-state index contributed by atoms with van der Waals surface area (Å²) in [6.45, 7) is 5.37. The van der Waals surface area contributed by atoms with Gasteiger partial charge in [0.25, 0.3) is 0 Å². The van der Waals surface area contributed by atoms with Gasteiger partial charge in [-0.2, -0.15) is 0 Å². The number of benzene rings is 1. The number of ether oxygens (including phenoxy) is 1. The zero-order chi connectivity index (χ0) is 16.8. The van der Waals surface area contributed by atoms with Gasteiger partial charge in [0.1, 0.15) is 11.4 Å². The van der Waals surface area contributed by atoms with Crippen LogP contribution in [0.3, 0.4) is 0 Å². The van der Waals surface area contributed by atoms with E-state index in [1.807, 2.05) is 13.1 Å². The third-order valence-corrected chi connectivity index (χ3v) is 5.85. The molecule has 4 nitrogen and oxygen atoms in total. The Morgan fingerprint density at radius 3 is 2.67 bits per heavy atom. The van der Waals surface area contributed by atoms with Gasteiger partial charge in [-0.25, -0.2) is 0 Å². The summed E-state index contributed by atoms with van der Waals surface area (Å²) in [5.41, 5.74) is 1.63. The summed E-state index contributed by atoms with van der Waals surface area (Å²) in [6.07, 6.45) is 6.55. The van der Waals surface area contributed by atoms with E-state index >= 15 is 0 Å². The highest BCUT2D eigenvalue weighted by Crippen LogP contribution is 2.60.